The molecule has 8 nitrogen and oxygen atoms in total. The van der Waals surface area contributed by atoms with E-state index in [-0.39, 0.29) is 6.03 Å². The van der Waals surface area contributed by atoms with Gasteiger partial charge < -0.3 is 15.3 Å². The monoisotopic (exact) mass is 398 g/mol. The second-order valence-electron chi connectivity index (χ2n) is 6.64. The Kier molecular flexibility index (Phi) is 5.65. The number of aromatic amines is 1. The van der Waals surface area contributed by atoms with Gasteiger partial charge in [-0.15, -0.1) is 11.3 Å². The molecule has 9 heteroatoms. The van der Waals surface area contributed by atoms with Crippen LogP contribution in [0, 0.1) is 0 Å². The smallest absolute Gasteiger partial charge is 0.322 e. The van der Waals surface area contributed by atoms with Gasteiger partial charge in [-0.25, -0.2) is 9.78 Å². The van der Waals surface area contributed by atoms with Gasteiger partial charge in [0.15, 0.2) is 0 Å². The van der Waals surface area contributed by atoms with Gasteiger partial charge in [0.1, 0.15) is 10.7 Å². The highest BCUT2D eigenvalue weighted by Crippen LogP contribution is 2.27. The number of aromatic nitrogens is 3. The van der Waals surface area contributed by atoms with Gasteiger partial charge in [-0.05, 0) is 5.56 Å². The molecule has 1 unspecified atom stereocenters. The maximum atomic E-state index is 12.6. The maximum absolute atomic E-state index is 12.6. The Morgan fingerprint density at radius 2 is 2.04 bits per heavy atom. The Labute approximate surface area is 166 Å². The lowest BCUT2D eigenvalue weighted by atomic mass is 10.1. The fourth-order valence-corrected chi connectivity index (χ4v) is 3.89. The maximum Gasteiger partial charge on any atom is 0.322 e. The minimum absolute atomic E-state index is 0.150. The van der Waals surface area contributed by atoms with Crippen molar-refractivity contribution in [1.29, 1.82) is 0 Å². The number of urea groups is 1. The lowest BCUT2D eigenvalue weighted by Gasteiger charge is -2.35. The molecule has 0 radical (unpaired) electrons. The first-order valence-electron chi connectivity index (χ1n) is 9.15. The highest BCUT2D eigenvalue weighted by molar-refractivity contribution is 7.13. The number of anilines is 1. The molecule has 2 aromatic heterocycles. The molecule has 0 saturated carbocycles. The van der Waals surface area contributed by atoms with Crippen LogP contribution in [0.1, 0.15) is 11.7 Å². The van der Waals surface area contributed by atoms with Crippen LogP contribution in [0.25, 0.3) is 10.7 Å². The summed E-state index contributed by atoms with van der Waals surface area (Å²) in [5.74, 6) is 0. The van der Waals surface area contributed by atoms with E-state index >= 15 is 0 Å². The zero-order chi connectivity index (χ0) is 19.3. The molecule has 1 aliphatic rings. The number of carbonyl (C=O) groups is 1. The number of H-pyrrole nitrogens is 1. The predicted octanol–water partition coefficient (Wildman–Crippen LogP) is 2.42. The number of amides is 2. The van der Waals surface area contributed by atoms with Crippen molar-refractivity contribution >= 4 is 23.1 Å². The van der Waals surface area contributed by atoms with Crippen molar-refractivity contribution in [2.45, 2.75) is 6.10 Å². The summed E-state index contributed by atoms with van der Waals surface area (Å²) in [6, 6.07) is 9.50. The lowest BCUT2D eigenvalue weighted by Crippen LogP contribution is -2.50. The summed E-state index contributed by atoms with van der Waals surface area (Å²) in [5, 5.41) is 22.9. The SMILES string of the molecule is O=C(Nc1cn[nH]c1-c1nccs1)N1CCN(CC(O)c2ccccc2)CC1. The Bertz CT molecular complexity index is 890. The molecule has 0 bridgehead atoms. The summed E-state index contributed by atoms with van der Waals surface area (Å²) >= 11 is 1.48. The fraction of sp³-hybridized carbons (Fsp3) is 0.316. The van der Waals surface area contributed by atoms with E-state index in [4.69, 9.17) is 0 Å². The van der Waals surface area contributed by atoms with Gasteiger partial charge in [-0.3, -0.25) is 10.00 Å². The van der Waals surface area contributed by atoms with E-state index in [1.807, 2.05) is 35.7 Å². The number of aliphatic hydroxyl groups excluding tert-OH is 1. The first-order valence-corrected chi connectivity index (χ1v) is 10.0. The molecule has 1 aromatic carbocycles. The van der Waals surface area contributed by atoms with Gasteiger partial charge in [0.05, 0.1) is 18.0 Å². The fourth-order valence-electron chi connectivity index (χ4n) is 3.24. The van der Waals surface area contributed by atoms with Crippen molar-refractivity contribution in [3.8, 4) is 10.7 Å². The number of hydrogen-bond donors (Lipinski definition) is 3. The average Bonchev–Trinajstić information content (AvgIpc) is 3.41. The number of nitrogens with one attached hydrogen (secondary N) is 2. The number of piperazine rings is 1. The van der Waals surface area contributed by atoms with Gasteiger partial charge in [-0.2, -0.15) is 5.10 Å². The third-order valence-corrected chi connectivity index (χ3v) is 5.59. The zero-order valence-corrected chi connectivity index (χ0v) is 16.1. The topological polar surface area (TPSA) is 97.4 Å². The van der Waals surface area contributed by atoms with E-state index in [1.165, 1.54) is 11.3 Å². The summed E-state index contributed by atoms with van der Waals surface area (Å²) in [6.07, 6.45) is 2.80. The average molecular weight is 398 g/mol. The molecule has 3 heterocycles. The van der Waals surface area contributed by atoms with Crippen molar-refractivity contribution < 1.29 is 9.90 Å². The molecule has 3 aromatic rings. The molecule has 3 N–H and O–H groups in total. The van der Waals surface area contributed by atoms with Crippen LogP contribution in [-0.4, -0.2) is 68.8 Å². The highest BCUT2D eigenvalue weighted by Gasteiger charge is 2.24. The minimum Gasteiger partial charge on any atom is -0.387 e. The summed E-state index contributed by atoms with van der Waals surface area (Å²) < 4.78 is 0. The lowest BCUT2D eigenvalue weighted by molar-refractivity contribution is 0.0831. The molecular formula is C19H22N6O2S. The zero-order valence-electron chi connectivity index (χ0n) is 15.3. The second-order valence-corrected chi connectivity index (χ2v) is 7.53. The normalized spacial score (nSPS) is 16.1. The number of hydrogen-bond acceptors (Lipinski definition) is 6. The van der Waals surface area contributed by atoms with Gasteiger partial charge in [-0.1, -0.05) is 30.3 Å². The van der Waals surface area contributed by atoms with Crippen LogP contribution < -0.4 is 5.32 Å². The summed E-state index contributed by atoms with van der Waals surface area (Å²) in [4.78, 5) is 20.8. The molecule has 2 amide bonds. The highest BCUT2D eigenvalue weighted by atomic mass is 32.1. The van der Waals surface area contributed by atoms with Crippen molar-refractivity contribution in [3.63, 3.8) is 0 Å². The van der Waals surface area contributed by atoms with Crippen LogP contribution in [0.5, 0.6) is 0 Å². The van der Waals surface area contributed by atoms with Crippen molar-refractivity contribution in [3.05, 3.63) is 53.7 Å². The van der Waals surface area contributed by atoms with E-state index < -0.39 is 6.10 Å². The molecule has 28 heavy (non-hydrogen) atoms. The number of β-amino-alcohol motifs (C(OH)–C–C–N with tert-alkyl or cyclic N) is 1. The number of benzene rings is 1. The van der Waals surface area contributed by atoms with Gasteiger partial charge in [0.2, 0.25) is 0 Å². The third kappa shape index (κ3) is 4.22. The summed E-state index contributed by atoms with van der Waals surface area (Å²) in [7, 11) is 0. The number of thiazole rings is 1. The standard InChI is InChI=1S/C19H22N6O2S/c26-16(14-4-2-1-3-5-14)13-24-7-9-25(10-8-24)19(27)22-15-12-21-23-17(15)18-20-6-11-28-18/h1-6,11-12,16,26H,7-10,13H2,(H,21,23)(H,22,27). The number of carbonyl (C=O) groups excluding carboxylic acids is 1. The van der Waals surface area contributed by atoms with Crippen LogP contribution in [0.2, 0.25) is 0 Å². The molecule has 1 aliphatic heterocycles. The van der Waals surface area contributed by atoms with Gasteiger partial charge in [0, 0.05) is 44.3 Å². The van der Waals surface area contributed by atoms with Crippen molar-refractivity contribution in [1.82, 2.24) is 25.0 Å². The largest absolute Gasteiger partial charge is 0.387 e. The van der Waals surface area contributed by atoms with Crippen LogP contribution in [0.3, 0.4) is 0 Å². The molecule has 1 fully saturated rings. The Morgan fingerprint density at radius 1 is 1.25 bits per heavy atom. The Balaban J connectivity index is 1.30. The van der Waals surface area contributed by atoms with Crippen molar-refractivity contribution in [2.24, 2.45) is 0 Å². The summed E-state index contributed by atoms with van der Waals surface area (Å²) in [5.41, 5.74) is 2.26. The van der Waals surface area contributed by atoms with Gasteiger partial charge in [0.25, 0.3) is 0 Å². The number of rotatable bonds is 5. The van der Waals surface area contributed by atoms with Gasteiger partial charge >= 0.3 is 6.03 Å². The van der Waals surface area contributed by atoms with E-state index in [2.05, 4.69) is 25.4 Å². The van der Waals surface area contributed by atoms with E-state index in [0.29, 0.717) is 31.0 Å². The molecule has 1 atom stereocenters. The van der Waals surface area contributed by atoms with E-state index in [9.17, 15) is 9.90 Å². The van der Waals surface area contributed by atoms with E-state index in [1.54, 1.807) is 17.3 Å². The first kappa shape index (κ1) is 18.6. The first-order chi connectivity index (χ1) is 13.7. The molecule has 0 aliphatic carbocycles. The Morgan fingerprint density at radius 3 is 2.75 bits per heavy atom. The van der Waals surface area contributed by atoms with Crippen LogP contribution in [0.15, 0.2) is 48.1 Å². The van der Waals surface area contributed by atoms with E-state index in [0.717, 1.165) is 23.7 Å². The van der Waals surface area contributed by atoms with Crippen molar-refractivity contribution in [2.75, 3.05) is 38.0 Å². The van der Waals surface area contributed by atoms with Crippen LogP contribution >= 0.6 is 11.3 Å². The predicted molar refractivity (Wildman–Crippen MR) is 108 cm³/mol. The van der Waals surface area contributed by atoms with Crippen LogP contribution in [-0.2, 0) is 0 Å². The second kappa shape index (κ2) is 8.51. The quantitative estimate of drug-likeness (QED) is 0.613. The summed E-state index contributed by atoms with van der Waals surface area (Å²) in [6.45, 7) is 3.23. The third-order valence-electron chi connectivity index (χ3n) is 4.80. The molecule has 4 rings (SSSR count). The van der Waals surface area contributed by atoms with Crippen LogP contribution in [0.4, 0.5) is 10.5 Å². The molecular weight excluding hydrogens is 376 g/mol. The molecule has 0 spiro atoms. The number of aliphatic hydroxyl groups is 1. The number of nitrogens with zero attached hydrogens (tertiary/aromatic N) is 4. The molecule has 1 saturated heterocycles. The molecule has 146 valence electrons. The Hall–Kier alpha value is -2.75. The minimum atomic E-state index is -0.520.